The lowest BCUT2D eigenvalue weighted by atomic mass is 9.99. The van der Waals surface area contributed by atoms with E-state index in [4.69, 9.17) is 34.1 Å². The first-order valence-corrected chi connectivity index (χ1v) is 19.0. The zero-order valence-electron chi connectivity index (χ0n) is 31.4. The summed E-state index contributed by atoms with van der Waals surface area (Å²) in [5.41, 5.74) is 9.52. The molecule has 0 saturated carbocycles. The fourth-order valence-electron chi connectivity index (χ4n) is 6.28. The third-order valence-corrected chi connectivity index (χ3v) is 9.28. The minimum absolute atomic E-state index is 0.519. The van der Waals surface area contributed by atoms with Gasteiger partial charge in [0.2, 0.25) is 0 Å². The van der Waals surface area contributed by atoms with Gasteiger partial charge in [-0.15, -0.1) is 0 Å². The first-order chi connectivity index (χ1) is 26.1. The smallest absolute Gasteiger partial charge is 0.127 e. The van der Waals surface area contributed by atoms with Gasteiger partial charge in [-0.3, -0.25) is 19.9 Å². The molecular weight excluding hydrogens is 657 g/mol. The van der Waals surface area contributed by atoms with E-state index in [-0.39, 0.29) is 0 Å². The second-order valence-electron chi connectivity index (χ2n) is 13.2. The Morgan fingerprint density at radius 1 is 0.453 bits per heavy atom. The van der Waals surface area contributed by atoms with E-state index in [9.17, 15) is 0 Å². The molecule has 0 N–H and O–H groups in total. The van der Waals surface area contributed by atoms with Gasteiger partial charge in [0.1, 0.15) is 23.7 Å². The number of ether oxygens (including phenoxy) is 3. The lowest BCUT2D eigenvalue weighted by Gasteiger charge is -2.25. The zero-order chi connectivity index (χ0) is 36.8. The number of aryl methyl sites for hydroxylation is 2. The fourth-order valence-corrected chi connectivity index (χ4v) is 6.28. The first-order valence-electron chi connectivity index (χ1n) is 19.0. The van der Waals surface area contributed by atoms with Crippen LogP contribution in [0.5, 0.6) is 11.5 Å². The highest BCUT2D eigenvalue weighted by Gasteiger charge is 2.26. The maximum atomic E-state index is 7.18. The van der Waals surface area contributed by atoms with Gasteiger partial charge in [-0.2, -0.15) is 0 Å². The summed E-state index contributed by atoms with van der Waals surface area (Å²) >= 11 is 0. The van der Waals surface area contributed by atoms with Gasteiger partial charge in [0, 0.05) is 11.1 Å². The number of rotatable bonds is 18. The Kier molecular flexibility index (Phi) is 13.3. The Bertz CT molecular complexity index is 1820. The van der Waals surface area contributed by atoms with Crippen LogP contribution in [0.25, 0.3) is 22.5 Å². The van der Waals surface area contributed by atoms with Crippen LogP contribution in [0.4, 0.5) is 0 Å². The number of aromatic nitrogens is 4. The van der Waals surface area contributed by atoms with Crippen molar-refractivity contribution < 1.29 is 14.2 Å². The number of benzene rings is 4. The number of unbranched alkanes of at least 4 members (excludes halogenated alkanes) is 2. The Morgan fingerprint density at radius 2 is 0.849 bits per heavy atom. The third-order valence-electron chi connectivity index (χ3n) is 9.28. The average Bonchev–Trinajstić information content (AvgIpc) is 3.21. The van der Waals surface area contributed by atoms with Crippen molar-refractivity contribution in [2.75, 3.05) is 13.2 Å². The fraction of sp³-hybridized carbons (Fsp3) is 0.304. The number of nitrogens with zero attached hydrogens (tertiary/aromatic N) is 4. The standard InChI is InChI=1S/C46H50N4O3/c1-5-9-11-33-13-17-37(18-14-33)45(43-31-47-41(29-49-43)35-21-25-39(26-22-35)51-7-3)53-46(38-19-15-34(16-20-38)12-10-6-2)44-32-48-42(30-50-44)36-23-27-40(28-24-36)52-8-4/h13-32,45-46H,5-12H2,1-4H3. The van der Waals surface area contributed by atoms with Crippen LogP contribution in [-0.2, 0) is 17.6 Å². The Balaban J connectivity index is 1.36. The molecular formula is C46H50N4O3. The molecule has 6 rings (SSSR count). The van der Waals surface area contributed by atoms with Gasteiger partial charge in [-0.25, -0.2) is 0 Å². The van der Waals surface area contributed by atoms with E-state index in [0.717, 1.165) is 83.7 Å². The van der Waals surface area contributed by atoms with E-state index in [1.165, 1.54) is 11.1 Å². The van der Waals surface area contributed by atoms with Crippen molar-refractivity contribution in [1.82, 2.24) is 19.9 Å². The van der Waals surface area contributed by atoms with E-state index in [0.29, 0.717) is 24.6 Å². The molecule has 0 radical (unpaired) electrons. The molecule has 0 spiro atoms. The van der Waals surface area contributed by atoms with Crippen molar-refractivity contribution in [2.24, 2.45) is 0 Å². The van der Waals surface area contributed by atoms with Crippen LogP contribution < -0.4 is 9.47 Å². The molecule has 53 heavy (non-hydrogen) atoms. The van der Waals surface area contributed by atoms with Crippen LogP contribution in [0.2, 0.25) is 0 Å². The largest absolute Gasteiger partial charge is 0.494 e. The summed E-state index contributed by atoms with van der Waals surface area (Å²) in [4.78, 5) is 19.6. The Labute approximate surface area is 314 Å². The van der Waals surface area contributed by atoms with Gasteiger partial charge in [-0.1, -0.05) is 75.2 Å². The summed E-state index contributed by atoms with van der Waals surface area (Å²) in [6.07, 6.45) is 13.0. The summed E-state index contributed by atoms with van der Waals surface area (Å²) < 4.78 is 18.4. The van der Waals surface area contributed by atoms with Crippen LogP contribution >= 0.6 is 0 Å². The van der Waals surface area contributed by atoms with Crippen LogP contribution in [0, 0.1) is 0 Å². The van der Waals surface area contributed by atoms with E-state index >= 15 is 0 Å². The molecule has 7 heteroatoms. The van der Waals surface area contributed by atoms with Crippen LogP contribution in [-0.4, -0.2) is 33.1 Å². The molecule has 2 aromatic heterocycles. The van der Waals surface area contributed by atoms with Gasteiger partial charge in [0.15, 0.2) is 0 Å². The monoisotopic (exact) mass is 706 g/mol. The van der Waals surface area contributed by atoms with Crippen molar-refractivity contribution in [3.63, 3.8) is 0 Å². The highest BCUT2D eigenvalue weighted by Crippen LogP contribution is 2.36. The minimum atomic E-state index is -0.519. The molecule has 4 aromatic carbocycles. The maximum Gasteiger partial charge on any atom is 0.127 e. The molecule has 2 atom stereocenters. The van der Waals surface area contributed by atoms with Crippen molar-refractivity contribution >= 4 is 0 Å². The van der Waals surface area contributed by atoms with Crippen molar-refractivity contribution in [3.8, 4) is 34.0 Å². The quantitative estimate of drug-likeness (QED) is 0.0880. The second-order valence-corrected chi connectivity index (χ2v) is 13.2. The first kappa shape index (κ1) is 37.4. The van der Waals surface area contributed by atoms with E-state index in [1.54, 1.807) is 0 Å². The highest BCUT2D eigenvalue weighted by molar-refractivity contribution is 5.60. The lowest BCUT2D eigenvalue weighted by molar-refractivity contribution is 0.0258. The Hall–Kier alpha value is -5.40. The molecule has 6 aromatic rings. The van der Waals surface area contributed by atoms with Crippen LogP contribution in [0.3, 0.4) is 0 Å². The average molecular weight is 707 g/mol. The molecule has 0 fully saturated rings. The summed E-state index contributed by atoms with van der Waals surface area (Å²) in [6, 6.07) is 33.3. The predicted molar refractivity (Wildman–Crippen MR) is 212 cm³/mol. The zero-order valence-corrected chi connectivity index (χ0v) is 31.4. The molecule has 0 aliphatic heterocycles. The van der Waals surface area contributed by atoms with Crippen molar-refractivity contribution in [1.29, 1.82) is 0 Å². The van der Waals surface area contributed by atoms with E-state index in [1.807, 2.05) is 87.2 Å². The Morgan fingerprint density at radius 3 is 1.17 bits per heavy atom. The van der Waals surface area contributed by atoms with Gasteiger partial charge in [0.25, 0.3) is 0 Å². The third kappa shape index (κ3) is 9.93. The van der Waals surface area contributed by atoms with Crippen molar-refractivity contribution in [2.45, 2.75) is 78.4 Å². The predicted octanol–water partition coefficient (Wildman–Crippen LogP) is 11.0. The molecule has 0 aliphatic rings. The van der Waals surface area contributed by atoms with Gasteiger partial charge in [-0.05, 0) is 110 Å². The van der Waals surface area contributed by atoms with Gasteiger partial charge < -0.3 is 14.2 Å². The summed E-state index contributed by atoms with van der Waals surface area (Å²) in [7, 11) is 0. The van der Waals surface area contributed by atoms with Gasteiger partial charge >= 0.3 is 0 Å². The molecule has 2 heterocycles. The molecule has 0 aliphatic carbocycles. The van der Waals surface area contributed by atoms with Crippen molar-refractivity contribution in [3.05, 3.63) is 155 Å². The van der Waals surface area contributed by atoms with Crippen LogP contribution in [0.1, 0.15) is 99.2 Å². The molecule has 0 saturated heterocycles. The normalized spacial score (nSPS) is 12.3. The number of hydrogen-bond acceptors (Lipinski definition) is 7. The van der Waals surface area contributed by atoms with E-state index in [2.05, 4.69) is 62.4 Å². The summed E-state index contributed by atoms with van der Waals surface area (Å²) in [5, 5.41) is 0. The number of hydrogen-bond donors (Lipinski definition) is 0. The molecule has 7 nitrogen and oxygen atoms in total. The van der Waals surface area contributed by atoms with E-state index < -0.39 is 12.2 Å². The summed E-state index contributed by atoms with van der Waals surface area (Å²) in [5.74, 6) is 1.66. The SMILES string of the molecule is CCCCc1ccc(C(OC(c2ccc(CCCC)cc2)c2cnc(-c3ccc(OCC)cc3)cn2)c2cnc(-c3ccc(OCC)cc3)cn2)cc1. The maximum absolute atomic E-state index is 7.18. The highest BCUT2D eigenvalue weighted by atomic mass is 16.5. The van der Waals surface area contributed by atoms with Gasteiger partial charge in [0.05, 0.1) is 60.8 Å². The summed E-state index contributed by atoms with van der Waals surface area (Å²) in [6.45, 7) is 9.64. The van der Waals surface area contributed by atoms with Crippen LogP contribution in [0.15, 0.2) is 122 Å². The topological polar surface area (TPSA) is 79.2 Å². The molecule has 272 valence electrons. The molecule has 2 unspecified atom stereocenters. The second kappa shape index (κ2) is 18.9. The lowest BCUT2D eigenvalue weighted by Crippen LogP contribution is -2.16. The minimum Gasteiger partial charge on any atom is -0.494 e. The molecule has 0 amide bonds. The molecule has 0 bridgehead atoms.